The van der Waals surface area contributed by atoms with Crippen molar-refractivity contribution in [3.8, 4) is 0 Å². The summed E-state index contributed by atoms with van der Waals surface area (Å²) >= 11 is 0. The summed E-state index contributed by atoms with van der Waals surface area (Å²) in [6.07, 6.45) is 0.671. The van der Waals surface area contributed by atoms with Gasteiger partial charge in [-0.15, -0.1) is 0 Å². The number of carboxylic acids is 2. The van der Waals surface area contributed by atoms with Gasteiger partial charge in [0.1, 0.15) is 12.1 Å². The molecule has 0 aromatic rings. The molecule has 0 spiro atoms. The Labute approximate surface area is 100 Å². The van der Waals surface area contributed by atoms with Gasteiger partial charge in [0.05, 0.1) is 0 Å². The lowest BCUT2D eigenvalue weighted by molar-refractivity contribution is -0.139. The van der Waals surface area contributed by atoms with E-state index in [0.29, 0.717) is 12.3 Å². The zero-order valence-electron chi connectivity index (χ0n) is 10.2. The van der Waals surface area contributed by atoms with E-state index in [-0.39, 0.29) is 13.0 Å². The Morgan fingerprint density at radius 2 is 1.47 bits per heavy atom. The molecule has 0 aromatic heterocycles. The first-order valence-electron chi connectivity index (χ1n) is 5.30. The number of aliphatic carboxylic acids is 2. The van der Waals surface area contributed by atoms with Gasteiger partial charge in [0.15, 0.2) is 0 Å². The van der Waals surface area contributed by atoms with E-state index in [9.17, 15) is 9.59 Å². The number of hydrogen-bond donors (Lipinski definition) is 5. The highest BCUT2D eigenvalue weighted by atomic mass is 16.4. The van der Waals surface area contributed by atoms with E-state index in [2.05, 4.69) is 0 Å². The van der Waals surface area contributed by atoms with Gasteiger partial charge in [0, 0.05) is 6.61 Å². The Balaban J connectivity index is 0. The maximum Gasteiger partial charge on any atom is 0.320 e. The van der Waals surface area contributed by atoms with Gasteiger partial charge < -0.3 is 26.8 Å². The molecule has 0 fully saturated rings. The lowest BCUT2D eigenvalue weighted by Gasteiger charge is -2.07. The van der Waals surface area contributed by atoms with E-state index in [1.165, 1.54) is 0 Å². The van der Waals surface area contributed by atoms with Crippen molar-refractivity contribution in [1.82, 2.24) is 0 Å². The van der Waals surface area contributed by atoms with Crippen LogP contribution >= 0.6 is 0 Å². The molecule has 7 nitrogen and oxygen atoms in total. The smallest absolute Gasteiger partial charge is 0.320 e. The molecule has 7 N–H and O–H groups in total. The molecule has 0 radical (unpaired) electrons. The second-order valence-corrected chi connectivity index (χ2v) is 4.03. The SMILES string of the molecule is CC(C)C[C@H](N)C(=O)O.N[C@@H](CCO)C(=O)O. The molecule has 0 bridgehead atoms. The molecule has 0 aliphatic heterocycles. The topological polar surface area (TPSA) is 147 Å². The van der Waals surface area contributed by atoms with Gasteiger partial charge in [0.25, 0.3) is 0 Å². The summed E-state index contributed by atoms with van der Waals surface area (Å²) in [6, 6.07) is -1.61. The maximum atomic E-state index is 10.1. The van der Waals surface area contributed by atoms with Crippen LogP contribution in [0.25, 0.3) is 0 Å². The summed E-state index contributed by atoms with van der Waals surface area (Å²) < 4.78 is 0. The average molecular weight is 250 g/mol. The number of nitrogens with two attached hydrogens (primary N) is 2. The molecule has 17 heavy (non-hydrogen) atoms. The van der Waals surface area contributed by atoms with Gasteiger partial charge in [-0.25, -0.2) is 0 Å². The summed E-state index contributed by atoms with van der Waals surface area (Å²) in [5.74, 6) is -1.63. The molecule has 102 valence electrons. The number of carbonyl (C=O) groups is 2. The fraction of sp³-hybridized carbons (Fsp3) is 0.800. The van der Waals surface area contributed by atoms with Crippen molar-refractivity contribution in [1.29, 1.82) is 0 Å². The van der Waals surface area contributed by atoms with Gasteiger partial charge in [-0.2, -0.15) is 0 Å². The van der Waals surface area contributed by atoms with E-state index >= 15 is 0 Å². The third-order valence-corrected chi connectivity index (χ3v) is 1.80. The minimum atomic E-state index is -1.07. The number of hydrogen-bond acceptors (Lipinski definition) is 5. The maximum absolute atomic E-state index is 10.1. The zero-order valence-corrected chi connectivity index (χ0v) is 10.2. The molecule has 0 aliphatic carbocycles. The van der Waals surface area contributed by atoms with Gasteiger partial charge >= 0.3 is 11.9 Å². The molecule has 0 rings (SSSR count). The van der Waals surface area contributed by atoms with Crippen LogP contribution in [0.5, 0.6) is 0 Å². The molecule has 2 atom stereocenters. The van der Waals surface area contributed by atoms with Crippen LogP contribution in [0.15, 0.2) is 0 Å². The van der Waals surface area contributed by atoms with E-state index in [0.717, 1.165) is 0 Å². The first-order chi connectivity index (χ1) is 7.72. The summed E-state index contributed by atoms with van der Waals surface area (Å²) in [7, 11) is 0. The second kappa shape index (κ2) is 10.0. The normalized spacial score (nSPS) is 13.5. The van der Waals surface area contributed by atoms with Crippen LogP contribution in [-0.4, -0.2) is 45.9 Å². The summed E-state index contributed by atoms with van der Waals surface area (Å²) in [5.41, 5.74) is 10.2. The number of aliphatic hydroxyl groups is 1. The van der Waals surface area contributed by atoms with Crippen LogP contribution in [0, 0.1) is 5.92 Å². The molecule has 0 aliphatic rings. The molecule has 0 unspecified atom stereocenters. The van der Waals surface area contributed by atoms with Crippen molar-refractivity contribution >= 4 is 11.9 Å². The van der Waals surface area contributed by atoms with E-state index in [1.807, 2.05) is 13.8 Å². The van der Waals surface area contributed by atoms with E-state index < -0.39 is 24.0 Å². The van der Waals surface area contributed by atoms with Gasteiger partial charge in [0.2, 0.25) is 0 Å². The average Bonchev–Trinajstić information content (AvgIpc) is 2.17. The van der Waals surface area contributed by atoms with Crippen molar-refractivity contribution < 1.29 is 24.9 Å². The third-order valence-electron chi connectivity index (χ3n) is 1.80. The fourth-order valence-corrected chi connectivity index (χ4v) is 0.871. The lowest BCUT2D eigenvalue weighted by Crippen LogP contribution is -2.31. The summed E-state index contributed by atoms with van der Waals surface area (Å²) in [4.78, 5) is 20.0. The number of aliphatic hydroxyl groups excluding tert-OH is 1. The molecule has 0 saturated carbocycles. The van der Waals surface area contributed by atoms with Crippen LogP contribution in [0.2, 0.25) is 0 Å². The van der Waals surface area contributed by atoms with Crippen molar-refractivity contribution in [2.45, 2.75) is 38.8 Å². The monoisotopic (exact) mass is 250 g/mol. The predicted molar refractivity (Wildman–Crippen MR) is 62.4 cm³/mol. The standard InChI is InChI=1S/C6H13NO2.C4H9NO3/c1-4(2)3-5(7)6(8)9;5-3(1-2-6)4(7)8/h4-5H,3,7H2,1-2H3,(H,8,9);3,6H,1-2,5H2,(H,7,8)/t5-;3-/m00/s1. The Morgan fingerprint density at radius 3 is 1.59 bits per heavy atom. The van der Waals surface area contributed by atoms with Gasteiger partial charge in [-0.1, -0.05) is 13.8 Å². The summed E-state index contributed by atoms with van der Waals surface area (Å²) in [5, 5.41) is 24.5. The Kier molecular flexibility index (Phi) is 10.7. The lowest BCUT2D eigenvalue weighted by atomic mass is 10.1. The van der Waals surface area contributed by atoms with Crippen LogP contribution in [0.3, 0.4) is 0 Å². The first kappa shape index (κ1) is 18.2. The first-order valence-corrected chi connectivity index (χ1v) is 5.30. The quantitative estimate of drug-likeness (QED) is 0.415. The van der Waals surface area contributed by atoms with Gasteiger partial charge in [-0.3, -0.25) is 9.59 Å². The second-order valence-electron chi connectivity index (χ2n) is 4.03. The third kappa shape index (κ3) is 12.8. The minimum Gasteiger partial charge on any atom is -0.480 e. The predicted octanol–water partition coefficient (Wildman–Crippen LogP) is -0.775. The summed E-state index contributed by atoms with van der Waals surface area (Å²) in [6.45, 7) is 3.72. The highest BCUT2D eigenvalue weighted by Crippen LogP contribution is 2.01. The van der Waals surface area contributed by atoms with Crippen LogP contribution in [0.1, 0.15) is 26.7 Å². The molecular weight excluding hydrogens is 228 g/mol. The number of carboxylic acid groups (broad SMARTS) is 2. The Morgan fingerprint density at radius 1 is 1.06 bits per heavy atom. The highest BCUT2D eigenvalue weighted by Gasteiger charge is 2.11. The van der Waals surface area contributed by atoms with E-state index in [1.54, 1.807) is 0 Å². The zero-order chi connectivity index (χ0) is 14.0. The van der Waals surface area contributed by atoms with Crippen LogP contribution in [0.4, 0.5) is 0 Å². The Bertz CT molecular complexity index is 233. The minimum absolute atomic E-state index is 0.120. The molecule has 7 heteroatoms. The molecule has 0 heterocycles. The van der Waals surface area contributed by atoms with Gasteiger partial charge in [-0.05, 0) is 18.8 Å². The van der Waals surface area contributed by atoms with Crippen molar-refractivity contribution in [3.63, 3.8) is 0 Å². The molecule has 0 saturated heterocycles. The van der Waals surface area contributed by atoms with Crippen LogP contribution < -0.4 is 11.5 Å². The molecular formula is C10H22N2O5. The number of rotatable bonds is 6. The van der Waals surface area contributed by atoms with Crippen molar-refractivity contribution in [2.24, 2.45) is 17.4 Å². The molecule has 0 amide bonds. The fourth-order valence-electron chi connectivity index (χ4n) is 0.871. The highest BCUT2D eigenvalue weighted by molar-refractivity contribution is 5.73. The van der Waals surface area contributed by atoms with E-state index in [4.69, 9.17) is 26.8 Å². The largest absolute Gasteiger partial charge is 0.480 e. The Hall–Kier alpha value is -1.18. The van der Waals surface area contributed by atoms with Crippen molar-refractivity contribution in [3.05, 3.63) is 0 Å². The van der Waals surface area contributed by atoms with Crippen molar-refractivity contribution in [2.75, 3.05) is 6.61 Å². The molecule has 0 aromatic carbocycles. The van der Waals surface area contributed by atoms with Crippen LogP contribution in [-0.2, 0) is 9.59 Å².